The van der Waals surface area contributed by atoms with Gasteiger partial charge >= 0.3 is 0 Å². The fraction of sp³-hybridized carbons (Fsp3) is 0.200. The Morgan fingerprint density at radius 1 is 1.40 bits per heavy atom. The van der Waals surface area contributed by atoms with Gasteiger partial charge in [0.1, 0.15) is 5.15 Å². The summed E-state index contributed by atoms with van der Waals surface area (Å²) in [6, 6.07) is 3.69. The van der Waals surface area contributed by atoms with Crippen LogP contribution in [0.25, 0.3) is 0 Å². The molecule has 0 aliphatic heterocycles. The molecule has 2 rings (SSSR count). The molecule has 0 radical (unpaired) electrons. The standard InChI is InChI=1S/C10H11ClN4/c11-10-7-9(1-2-14-10)13-4-6-15-5-3-12-8-15/h1-3,5,7-8H,4,6H2,(H,13,14). The Hall–Kier alpha value is -1.55. The normalized spacial score (nSPS) is 10.2. The number of aromatic nitrogens is 3. The van der Waals surface area contributed by atoms with Gasteiger partial charge in [-0.05, 0) is 12.1 Å². The first kappa shape index (κ1) is 9.98. The number of hydrogen-bond acceptors (Lipinski definition) is 3. The predicted molar refractivity (Wildman–Crippen MR) is 60.0 cm³/mol. The van der Waals surface area contributed by atoms with Gasteiger partial charge in [-0.15, -0.1) is 0 Å². The maximum Gasteiger partial charge on any atom is 0.131 e. The van der Waals surface area contributed by atoms with Crippen molar-refractivity contribution in [3.05, 3.63) is 42.2 Å². The lowest BCUT2D eigenvalue weighted by atomic mass is 10.4. The highest BCUT2D eigenvalue weighted by atomic mass is 35.5. The van der Waals surface area contributed by atoms with E-state index >= 15 is 0 Å². The molecule has 0 aliphatic carbocycles. The van der Waals surface area contributed by atoms with Crippen LogP contribution in [-0.4, -0.2) is 21.1 Å². The van der Waals surface area contributed by atoms with Crippen LogP contribution in [-0.2, 0) is 6.54 Å². The SMILES string of the molecule is Clc1cc(NCCn2ccnc2)ccn1. The highest BCUT2D eigenvalue weighted by Crippen LogP contribution is 2.11. The molecule has 78 valence electrons. The van der Waals surface area contributed by atoms with Crippen LogP contribution in [0.2, 0.25) is 5.15 Å². The maximum absolute atomic E-state index is 5.76. The van der Waals surface area contributed by atoms with E-state index in [1.807, 2.05) is 16.8 Å². The minimum absolute atomic E-state index is 0.502. The quantitative estimate of drug-likeness (QED) is 0.806. The Kier molecular flexibility index (Phi) is 3.19. The average molecular weight is 223 g/mol. The van der Waals surface area contributed by atoms with E-state index in [9.17, 15) is 0 Å². The van der Waals surface area contributed by atoms with Gasteiger partial charge in [-0.3, -0.25) is 0 Å². The van der Waals surface area contributed by atoms with E-state index in [1.165, 1.54) is 0 Å². The molecule has 5 heteroatoms. The van der Waals surface area contributed by atoms with Crippen LogP contribution in [0.4, 0.5) is 5.69 Å². The molecule has 0 bridgehead atoms. The van der Waals surface area contributed by atoms with Crippen molar-refractivity contribution >= 4 is 17.3 Å². The zero-order chi connectivity index (χ0) is 10.5. The van der Waals surface area contributed by atoms with E-state index in [2.05, 4.69) is 15.3 Å². The number of anilines is 1. The molecule has 0 saturated carbocycles. The first-order valence-electron chi connectivity index (χ1n) is 4.66. The summed E-state index contributed by atoms with van der Waals surface area (Å²) >= 11 is 5.76. The van der Waals surface area contributed by atoms with Crippen LogP contribution in [0.15, 0.2) is 37.1 Å². The molecule has 0 aromatic carbocycles. The zero-order valence-electron chi connectivity index (χ0n) is 8.10. The number of halogens is 1. The third kappa shape index (κ3) is 2.95. The zero-order valence-corrected chi connectivity index (χ0v) is 8.85. The molecule has 2 aromatic heterocycles. The van der Waals surface area contributed by atoms with Crippen molar-refractivity contribution in [1.82, 2.24) is 14.5 Å². The number of imidazole rings is 1. The molecule has 4 nitrogen and oxygen atoms in total. The smallest absolute Gasteiger partial charge is 0.131 e. The highest BCUT2D eigenvalue weighted by Gasteiger charge is 1.94. The molecule has 0 spiro atoms. The number of hydrogen-bond donors (Lipinski definition) is 1. The van der Waals surface area contributed by atoms with Gasteiger partial charge in [-0.1, -0.05) is 11.6 Å². The second kappa shape index (κ2) is 4.79. The maximum atomic E-state index is 5.76. The van der Waals surface area contributed by atoms with Gasteiger partial charge in [0.15, 0.2) is 0 Å². The summed E-state index contributed by atoms with van der Waals surface area (Å²) in [4.78, 5) is 7.87. The van der Waals surface area contributed by atoms with E-state index in [-0.39, 0.29) is 0 Å². The summed E-state index contributed by atoms with van der Waals surface area (Å²) in [5, 5.41) is 3.75. The van der Waals surface area contributed by atoms with Crippen LogP contribution < -0.4 is 5.32 Å². The molecule has 15 heavy (non-hydrogen) atoms. The molecule has 0 atom stereocenters. The van der Waals surface area contributed by atoms with Gasteiger partial charge < -0.3 is 9.88 Å². The second-order valence-corrected chi connectivity index (χ2v) is 3.48. The molecule has 1 N–H and O–H groups in total. The van der Waals surface area contributed by atoms with Crippen LogP contribution >= 0.6 is 11.6 Å². The molecule has 2 aromatic rings. The fourth-order valence-electron chi connectivity index (χ4n) is 1.26. The summed E-state index contributed by atoms with van der Waals surface area (Å²) in [7, 11) is 0. The Balaban J connectivity index is 1.83. The fourth-order valence-corrected chi connectivity index (χ4v) is 1.43. The average Bonchev–Trinajstić information content (AvgIpc) is 2.71. The largest absolute Gasteiger partial charge is 0.383 e. The lowest BCUT2D eigenvalue weighted by Gasteiger charge is -2.06. The molecular weight excluding hydrogens is 212 g/mol. The molecule has 2 heterocycles. The van der Waals surface area contributed by atoms with Crippen molar-refractivity contribution in [2.75, 3.05) is 11.9 Å². The summed E-state index contributed by atoms with van der Waals surface area (Å²) in [5.41, 5.74) is 0.982. The van der Waals surface area contributed by atoms with E-state index in [0.717, 1.165) is 18.8 Å². The predicted octanol–water partition coefficient (Wildman–Crippen LogP) is 2.04. The van der Waals surface area contributed by atoms with Crippen molar-refractivity contribution in [2.24, 2.45) is 0 Å². The van der Waals surface area contributed by atoms with E-state index in [1.54, 1.807) is 24.8 Å². The number of nitrogens with zero attached hydrogens (tertiary/aromatic N) is 3. The Bertz CT molecular complexity index is 413. The molecule has 0 saturated heterocycles. The van der Waals surface area contributed by atoms with Gasteiger partial charge in [-0.25, -0.2) is 9.97 Å². The minimum atomic E-state index is 0.502. The topological polar surface area (TPSA) is 42.7 Å². The van der Waals surface area contributed by atoms with Crippen molar-refractivity contribution in [1.29, 1.82) is 0 Å². The molecule has 0 aliphatic rings. The van der Waals surface area contributed by atoms with Gasteiger partial charge in [0.25, 0.3) is 0 Å². The molecule has 0 amide bonds. The van der Waals surface area contributed by atoms with Crippen molar-refractivity contribution < 1.29 is 0 Å². The second-order valence-electron chi connectivity index (χ2n) is 3.09. The Morgan fingerprint density at radius 3 is 3.07 bits per heavy atom. The summed E-state index contributed by atoms with van der Waals surface area (Å²) in [6.45, 7) is 1.71. The van der Waals surface area contributed by atoms with Crippen LogP contribution in [0.5, 0.6) is 0 Å². The van der Waals surface area contributed by atoms with Crippen LogP contribution in [0.1, 0.15) is 0 Å². The molecule has 0 fully saturated rings. The highest BCUT2D eigenvalue weighted by molar-refractivity contribution is 6.29. The summed E-state index contributed by atoms with van der Waals surface area (Å²) in [5.74, 6) is 0. The minimum Gasteiger partial charge on any atom is -0.383 e. The van der Waals surface area contributed by atoms with E-state index in [0.29, 0.717) is 5.15 Å². The Labute approximate surface area is 92.9 Å². The lowest BCUT2D eigenvalue weighted by Crippen LogP contribution is -2.09. The van der Waals surface area contributed by atoms with E-state index in [4.69, 9.17) is 11.6 Å². The van der Waals surface area contributed by atoms with Crippen molar-refractivity contribution in [3.63, 3.8) is 0 Å². The van der Waals surface area contributed by atoms with Crippen molar-refractivity contribution in [2.45, 2.75) is 6.54 Å². The summed E-state index contributed by atoms with van der Waals surface area (Å²) < 4.78 is 2.01. The van der Waals surface area contributed by atoms with Crippen molar-refractivity contribution in [3.8, 4) is 0 Å². The van der Waals surface area contributed by atoms with Gasteiger partial charge in [0.2, 0.25) is 0 Å². The van der Waals surface area contributed by atoms with Gasteiger partial charge in [0.05, 0.1) is 6.33 Å². The number of pyridine rings is 1. The van der Waals surface area contributed by atoms with Crippen LogP contribution in [0, 0.1) is 0 Å². The summed E-state index contributed by atoms with van der Waals surface area (Å²) in [6.07, 6.45) is 7.17. The van der Waals surface area contributed by atoms with Gasteiger partial charge in [0, 0.05) is 37.4 Å². The third-order valence-corrected chi connectivity index (χ3v) is 2.19. The lowest BCUT2D eigenvalue weighted by molar-refractivity contribution is 0.727. The first-order valence-corrected chi connectivity index (χ1v) is 5.03. The number of rotatable bonds is 4. The van der Waals surface area contributed by atoms with Gasteiger partial charge in [-0.2, -0.15) is 0 Å². The molecular formula is C10H11ClN4. The Morgan fingerprint density at radius 2 is 2.33 bits per heavy atom. The number of nitrogens with one attached hydrogen (secondary N) is 1. The molecule has 0 unspecified atom stereocenters. The van der Waals surface area contributed by atoms with E-state index < -0.39 is 0 Å². The monoisotopic (exact) mass is 222 g/mol. The third-order valence-electron chi connectivity index (χ3n) is 1.98. The van der Waals surface area contributed by atoms with Crippen LogP contribution in [0.3, 0.4) is 0 Å². The first-order chi connectivity index (χ1) is 7.34.